The molecule has 1 heterocycles. The van der Waals surface area contributed by atoms with E-state index in [-0.39, 0.29) is 25.0 Å². The third-order valence-corrected chi connectivity index (χ3v) is 4.72. The highest BCUT2D eigenvalue weighted by atomic mass is 35.5. The summed E-state index contributed by atoms with van der Waals surface area (Å²) in [6, 6.07) is 11.6. The fourth-order valence-corrected chi connectivity index (χ4v) is 3.31. The van der Waals surface area contributed by atoms with Crippen molar-refractivity contribution in [1.29, 1.82) is 0 Å². The van der Waals surface area contributed by atoms with Crippen LogP contribution >= 0.6 is 11.6 Å². The zero-order valence-electron chi connectivity index (χ0n) is 15.5. The zero-order chi connectivity index (χ0) is 20.1. The van der Waals surface area contributed by atoms with E-state index >= 15 is 0 Å². The lowest BCUT2D eigenvalue weighted by atomic mass is 10.0. The smallest absolute Gasteiger partial charge is 0.407 e. The molecular formula is C20H21ClN2O5. The molecule has 0 bridgehead atoms. The van der Waals surface area contributed by atoms with Crippen LogP contribution in [-0.2, 0) is 16.1 Å². The number of amides is 2. The Kier molecular flexibility index (Phi) is 6.26. The van der Waals surface area contributed by atoms with Gasteiger partial charge < -0.3 is 24.8 Å². The molecule has 2 unspecified atom stereocenters. The number of rotatable bonds is 6. The molecule has 2 amide bonds. The van der Waals surface area contributed by atoms with Gasteiger partial charge in [-0.05, 0) is 29.8 Å². The molecule has 0 saturated carbocycles. The Bertz CT molecular complexity index is 873. The van der Waals surface area contributed by atoms with Gasteiger partial charge in [0.25, 0.3) is 0 Å². The van der Waals surface area contributed by atoms with Crippen molar-refractivity contribution in [2.45, 2.75) is 25.1 Å². The second-order valence-corrected chi connectivity index (χ2v) is 6.75. The van der Waals surface area contributed by atoms with Crippen molar-refractivity contribution in [2.24, 2.45) is 0 Å². The molecule has 8 heteroatoms. The van der Waals surface area contributed by atoms with Crippen LogP contribution in [0, 0.1) is 0 Å². The van der Waals surface area contributed by atoms with Crippen molar-refractivity contribution in [3.8, 4) is 11.5 Å². The topological polar surface area (TPSA) is 85.9 Å². The first-order chi connectivity index (χ1) is 13.5. The van der Waals surface area contributed by atoms with Gasteiger partial charge in [-0.25, -0.2) is 4.79 Å². The number of carbonyl (C=O) groups is 2. The SMILES string of the molecule is COc1ccc(COC(=O)NC2CC(=O)NC2c2cccc(Cl)c2)c(OC)c1. The van der Waals surface area contributed by atoms with E-state index in [9.17, 15) is 9.59 Å². The highest BCUT2D eigenvalue weighted by molar-refractivity contribution is 6.30. The lowest BCUT2D eigenvalue weighted by molar-refractivity contribution is -0.119. The predicted octanol–water partition coefficient (Wildman–Crippen LogP) is 3.21. The molecule has 2 aromatic carbocycles. The van der Waals surface area contributed by atoms with Crippen LogP contribution in [0.1, 0.15) is 23.6 Å². The monoisotopic (exact) mass is 404 g/mol. The van der Waals surface area contributed by atoms with E-state index in [1.54, 1.807) is 43.5 Å². The van der Waals surface area contributed by atoms with Crippen LogP contribution in [0.15, 0.2) is 42.5 Å². The van der Waals surface area contributed by atoms with Crippen LogP contribution in [-0.4, -0.2) is 32.3 Å². The molecule has 2 N–H and O–H groups in total. The average molecular weight is 405 g/mol. The molecule has 1 aliphatic heterocycles. The molecule has 2 aromatic rings. The van der Waals surface area contributed by atoms with E-state index in [1.165, 1.54) is 7.11 Å². The maximum atomic E-state index is 12.3. The molecular weight excluding hydrogens is 384 g/mol. The summed E-state index contributed by atoms with van der Waals surface area (Å²) in [4.78, 5) is 24.1. The van der Waals surface area contributed by atoms with Gasteiger partial charge in [-0.15, -0.1) is 0 Å². The Labute approximate surface area is 167 Å². The third kappa shape index (κ3) is 4.67. The number of nitrogens with one attached hydrogen (secondary N) is 2. The summed E-state index contributed by atoms with van der Waals surface area (Å²) in [5, 5.41) is 6.17. The van der Waals surface area contributed by atoms with Gasteiger partial charge in [-0.3, -0.25) is 4.79 Å². The highest BCUT2D eigenvalue weighted by Gasteiger charge is 2.35. The number of alkyl carbamates (subject to hydrolysis) is 1. The maximum absolute atomic E-state index is 12.3. The summed E-state index contributed by atoms with van der Waals surface area (Å²) < 4.78 is 15.8. The van der Waals surface area contributed by atoms with Crippen LogP contribution in [0.4, 0.5) is 4.79 Å². The molecule has 28 heavy (non-hydrogen) atoms. The summed E-state index contributed by atoms with van der Waals surface area (Å²) in [7, 11) is 3.09. The molecule has 1 fully saturated rings. The van der Waals surface area contributed by atoms with Gasteiger partial charge in [-0.2, -0.15) is 0 Å². The van der Waals surface area contributed by atoms with E-state index in [0.29, 0.717) is 22.1 Å². The highest BCUT2D eigenvalue weighted by Crippen LogP contribution is 2.27. The van der Waals surface area contributed by atoms with Crippen LogP contribution in [0.25, 0.3) is 0 Å². The largest absolute Gasteiger partial charge is 0.497 e. The minimum absolute atomic E-state index is 0.0227. The minimum atomic E-state index is -0.619. The Balaban J connectivity index is 1.63. The van der Waals surface area contributed by atoms with E-state index in [1.807, 2.05) is 6.07 Å². The van der Waals surface area contributed by atoms with Crippen molar-refractivity contribution >= 4 is 23.6 Å². The van der Waals surface area contributed by atoms with Gasteiger partial charge >= 0.3 is 6.09 Å². The Morgan fingerprint density at radius 1 is 1.21 bits per heavy atom. The van der Waals surface area contributed by atoms with E-state index in [0.717, 1.165) is 5.56 Å². The van der Waals surface area contributed by atoms with E-state index < -0.39 is 12.1 Å². The zero-order valence-corrected chi connectivity index (χ0v) is 16.3. The number of hydrogen-bond donors (Lipinski definition) is 2. The predicted molar refractivity (Wildman–Crippen MR) is 104 cm³/mol. The van der Waals surface area contributed by atoms with Crippen molar-refractivity contribution in [3.05, 3.63) is 58.6 Å². The van der Waals surface area contributed by atoms with Crippen molar-refractivity contribution < 1.29 is 23.8 Å². The Morgan fingerprint density at radius 2 is 2.04 bits per heavy atom. The molecule has 7 nitrogen and oxygen atoms in total. The van der Waals surface area contributed by atoms with Gasteiger partial charge in [0.05, 0.1) is 26.3 Å². The molecule has 0 radical (unpaired) electrons. The number of halogens is 1. The van der Waals surface area contributed by atoms with E-state index in [2.05, 4.69) is 10.6 Å². The first-order valence-corrected chi connectivity index (χ1v) is 9.07. The first-order valence-electron chi connectivity index (χ1n) is 8.69. The Hall–Kier alpha value is -2.93. The molecule has 0 aliphatic carbocycles. The second kappa shape index (κ2) is 8.84. The van der Waals surface area contributed by atoms with Gasteiger partial charge in [0.1, 0.15) is 18.1 Å². The minimum Gasteiger partial charge on any atom is -0.497 e. The summed E-state index contributed by atoms with van der Waals surface area (Å²) in [6.45, 7) is 0.0227. The molecule has 1 saturated heterocycles. The van der Waals surface area contributed by atoms with Crippen LogP contribution in [0.5, 0.6) is 11.5 Å². The number of ether oxygens (including phenoxy) is 3. The molecule has 1 aliphatic rings. The fourth-order valence-electron chi connectivity index (χ4n) is 3.11. The summed E-state index contributed by atoms with van der Waals surface area (Å²) in [5.41, 5.74) is 1.52. The third-order valence-electron chi connectivity index (χ3n) is 4.49. The lowest BCUT2D eigenvalue weighted by Crippen LogP contribution is -2.38. The lowest BCUT2D eigenvalue weighted by Gasteiger charge is -2.20. The standard InChI is InChI=1S/C20H21ClN2O5/c1-26-15-7-6-13(17(9-15)27-2)11-28-20(25)22-16-10-18(24)23-19(16)12-4-3-5-14(21)8-12/h3-9,16,19H,10-11H2,1-2H3,(H,22,25)(H,23,24). The average Bonchev–Trinajstić information content (AvgIpc) is 3.06. The Morgan fingerprint density at radius 3 is 2.75 bits per heavy atom. The number of carbonyl (C=O) groups excluding carboxylic acids is 2. The van der Waals surface area contributed by atoms with Gasteiger partial charge in [0.2, 0.25) is 5.91 Å². The number of methoxy groups -OCH3 is 2. The normalized spacial score (nSPS) is 18.3. The number of benzene rings is 2. The second-order valence-electron chi connectivity index (χ2n) is 6.31. The molecule has 0 spiro atoms. The first kappa shape index (κ1) is 19.8. The van der Waals surface area contributed by atoms with Crippen molar-refractivity contribution in [1.82, 2.24) is 10.6 Å². The van der Waals surface area contributed by atoms with Crippen LogP contribution in [0.3, 0.4) is 0 Å². The maximum Gasteiger partial charge on any atom is 0.407 e. The van der Waals surface area contributed by atoms with Gasteiger partial charge in [-0.1, -0.05) is 23.7 Å². The fraction of sp³-hybridized carbons (Fsp3) is 0.300. The quantitative estimate of drug-likeness (QED) is 0.772. The number of hydrogen-bond acceptors (Lipinski definition) is 5. The molecule has 3 rings (SSSR count). The van der Waals surface area contributed by atoms with E-state index in [4.69, 9.17) is 25.8 Å². The van der Waals surface area contributed by atoms with Gasteiger partial charge in [0.15, 0.2) is 0 Å². The van der Waals surface area contributed by atoms with Crippen LogP contribution < -0.4 is 20.1 Å². The summed E-state index contributed by atoms with van der Waals surface area (Å²) in [5.74, 6) is 1.05. The molecule has 2 atom stereocenters. The van der Waals surface area contributed by atoms with Crippen LogP contribution in [0.2, 0.25) is 5.02 Å². The van der Waals surface area contributed by atoms with Gasteiger partial charge in [0, 0.05) is 23.1 Å². The summed E-state index contributed by atoms with van der Waals surface area (Å²) in [6.07, 6.45) is -0.454. The summed E-state index contributed by atoms with van der Waals surface area (Å²) >= 11 is 6.04. The van der Waals surface area contributed by atoms with Crippen molar-refractivity contribution in [3.63, 3.8) is 0 Å². The molecule has 148 valence electrons. The molecule has 0 aromatic heterocycles. The van der Waals surface area contributed by atoms with Crippen molar-refractivity contribution in [2.75, 3.05) is 14.2 Å².